The third-order valence-corrected chi connectivity index (χ3v) is 3.40. The summed E-state index contributed by atoms with van der Waals surface area (Å²) in [6.45, 7) is 1.97. The van der Waals surface area contributed by atoms with Crippen LogP contribution < -0.4 is 0 Å². The average Bonchev–Trinajstić information content (AvgIpc) is 2.01. The van der Waals surface area contributed by atoms with Gasteiger partial charge in [-0.2, -0.15) is 12.6 Å². The molecule has 0 bridgehead atoms. The maximum absolute atomic E-state index is 10.7. The first kappa shape index (κ1) is 13.5. The van der Waals surface area contributed by atoms with E-state index in [9.17, 15) is 4.57 Å². The van der Waals surface area contributed by atoms with Crippen molar-refractivity contribution in [3.05, 3.63) is 0 Å². The van der Waals surface area contributed by atoms with Crippen LogP contribution in [0.25, 0.3) is 0 Å². The van der Waals surface area contributed by atoms with Crippen LogP contribution in [-0.2, 0) is 4.57 Å². The first-order chi connectivity index (χ1) is 5.99. The molecule has 0 aromatic rings. The van der Waals surface area contributed by atoms with Crippen molar-refractivity contribution < 1.29 is 14.4 Å². The molecule has 80 valence electrons. The van der Waals surface area contributed by atoms with E-state index in [0.717, 1.165) is 31.4 Å². The van der Waals surface area contributed by atoms with Gasteiger partial charge in [-0.1, -0.05) is 19.8 Å². The molecule has 1 unspecified atom stereocenters. The minimum absolute atomic E-state index is 0.0378. The first-order valence-electron chi connectivity index (χ1n) is 4.65. The molecule has 3 nitrogen and oxygen atoms in total. The number of rotatable bonds is 7. The molecule has 0 saturated carbocycles. The third kappa shape index (κ3) is 8.82. The lowest BCUT2D eigenvalue weighted by molar-refractivity contribution is 0.354. The zero-order chi connectivity index (χ0) is 10.3. The number of hydrogen-bond acceptors (Lipinski definition) is 2. The van der Waals surface area contributed by atoms with E-state index in [2.05, 4.69) is 12.6 Å². The quantitative estimate of drug-likeness (QED) is 0.354. The Morgan fingerprint density at radius 2 is 2.00 bits per heavy atom. The van der Waals surface area contributed by atoms with Crippen molar-refractivity contribution in [2.24, 2.45) is 5.92 Å². The SMILES string of the molecule is CCC(CCCCS)CP(=O)(O)O. The maximum Gasteiger partial charge on any atom is 0.325 e. The fraction of sp³-hybridized carbons (Fsp3) is 1.00. The molecule has 0 aromatic carbocycles. The molecule has 0 rings (SSSR count). The highest BCUT2D eigenvalue weighted by Gasteiger charge is 2.19. The molecule has 0 aliphatic heterocycles. The van der Waals surface area contributed by atoms with E-state index < -0.39 is 7.60 Å². The second-order valence-electron chi connectivity index (χ2n) is 3.34. The summed E-state index contributed by atoms with van der Waals surface area (Å²) in [5.74, 6) is 1.02. The number of unbranched alkanes of at least 4 members (excludes halogenated alkanes) is 1. The standard InChI is InChI=1S/C8H19O3PS/c1-2-8(5-3-4-6-13)7-12(9,10)11/h8,13H,2-7H2,1H3,(H2,9,10,11). The predicted molar refractivity (Wildman–Crippen MR) is 58.4 cm³/mol. The summed E-state index contributed by atoms with van der Waals surface area (Å²) in [5.41, 5.74) is 0. The molecule has 1 atom stereocenters. The van der Waals surface area contributed by atoms with Gasteiger partial charge in [0.1, 0.15) is 0 Å². The first-order valence-corrected chi connectivity index (χ1v) is 7.08. The van der Waals surface area contributed by atoms with Crippen LogP contribution in [0.4, 0.5) is 0 Å². The maximum atomic E-state index is 10.7. The number of thiol groups is 1. The second-order valence-corrected chi connectivity index (χ2v) is 5.48. The van der Waals surface area contributed by atoms with Crippen molar-refractivity contribution in [2.45, 2.75) is 32.6 Å². The van der Waals surface area contributed by atoms with E-state index in [1.807, 2.05) is 6.92 Å². The van der Waals surface area contributed by atoms with Crippen LogP contribution in [0, 0.1) is 5.92 Å². The van der Waals surface area contributed by atoms with Gasteiger partial charge in [0, 0.05) is 0 Å². The highest BCUT2D eigenvalue weighted by molar-refractivity contribution is 7.80. The van der Waals surface area contributed by atoms with Crippen LogP contribution >= 0.6 is 20.2 Å². The molecule has 0 aliphatic rings. The van der Waals surface area contributed by atoms with Gasteiger partial charge in [0.15, 0.2) is 0 Å². The lowest BCUT2D eigenvalue weighted by Gasteiger charge is -2.14. The summed E-state index contributed by atoms with van der Waals surface area (Å²) < 4.78 is 10.7. The molecule has 0 heterocycles. The Labute approximate surface area is 85.5 Å². The van der Waals surface area contributed by atoms with Crippen molar-refractivity contribution in [1.29, 1.82) is 0 Å². The average molecular weight is 226 g/mol. The van der Waals surface area contributed by atoms with Gasteiger partial charge in [-0.3, -0.25) is 4.57 Å². The van der Waals surface area contributed by atoms with E-state index in [1.165, 1.54) is 0 Å². The molecule has 0 aromatic heterocycles. The molecular weight excluding hydrogens is 207 g/mol. The zero-order valence-corrected chi connectivity index (χ0v) is 9.81. The van der Waals surface area contributed by atoms with Gasteiger partial charge in [-0.25, -0.2) is 0 Å². The van der Waals surface area contributed by atoms with Crippen molar-refractivity contribution >= 4 is 20.2 Å². The number of hydrogen-bond donors (Lipinski definition) is 3. The molecule has 2 N–H and O–H groups in total. The van der Waals surface area contributed by atoms with E-state index in [-0.39, 0.29) is 12.1 Å². The molecule has 0 fully saturated rings. The van der Waals surface area contributed by atoms with Gasteiger partial charge in [-0.15, -0.1) is 0 Å². The minimum Gasteiger partial charge on any atom is -0.324 e. The summed E-state index contributed by atoms with van der Waals surface area (Å²) in [4.78, 5) is 17.5. The molecule has 0 saturated heterocycles. The summed E-state index contributed by atoms with van der Waals surface area (Å²) in [6.07, 6.45) is 3.83. The molecule has 0 aliphatic carbocycles. The lowest BCUT2D eigenvalue weighted by Crippen LogP contribution is -2.05. The van der Waals surface area contributed by atoms with Crippen molar-refractivity contribution in [1.82, 2.24) is 0 Å². The van der Waals surface area contributed by atoms with E-state index in [1.54, 1.807) is 0 Å². The van der Waals surface area contributed by atoms with E-state index in [4.69, 9.17) is 9.79 Å². The Morgan fingerprint density at radius 3 is 2.38 bits per heavy atom. The van der Waals surface area contributed by atoms with Crippen LogP contribution in [0.1, 0.15) is 32.6 Å². The Bertz CT molecular complexity index is 169. The fourth-order valence-electron chi connectivity index (χ4n) is 1.31. The van der Waals surface area contributed by atoms with Crippen LogP contribution in [0.2, 0.25) is 0 Å². The van der Waals surface area contributed by atoms with Gasteiger partial charge in [0.05, 0.1) is 6.16 Å². The highest BCUT2D eigenvalue weighted by atomic mass is 32.1. The molecule has 0 spiro atoms. The van der Waals surface area contributed by atoms with Gasteiger partial charge in [0.2, 0.25) is 0 Å². The highest BCUT2D eigenvalue weighted by Crippen LogP contribution is 2.38. The van der Waals surface area contributed by atoms with Crippen LogP contribution in [0.5, 0.6) is 0 Å². The molecule has 0 radical (unpaired) electrons. The third-order valence-electron chi connectivity index (χ3n) is 2.09. The fourth-order valence-corrected chi connectivity index (χ4v) is 2.64. The summed E-state index contributed by atoms with van der Waals surface area (Å²) in [6, 6.07) is 0. The van der Waals surface area contributed by atoms with Gasteiger partial charge in [0.25, 0.3) is 0 Å². The van der Waals surface area contributed by atoms with Gasteiger partial charge in [-0.05, 0) is 24.5 Å². The van der Waals surface area contributed by atoms with Crippen molar-refractivity contribution in [3.8, 4) is 0 Å². The van der Waals surface area contributed by atoms with Gasteiger partial charge >= 0.3 is 7.60 Å². The Kier molecular flexibility index (Phi) is 7.15. The van der Waals surface area contributed by atoms with Gasteiger partial charge < -0.3 is 9.79 Å². The van der Waals surface area contributed by atoms with Crippen LogP contribution in [0.15, 0.2) is 0 Å². The Hall–Kier alpha value is 0.500. The Morgan fingerprint density at radius 1 is 1.38 bits per heavy atom. The summed E-state index contributed by atoms with van der Waals surface area (Å²) in [5, 5.41) is 0. The molecule has 5 heteroatoms. The molecule has 0 amide bonds. The predicted octanol–water partition coefficient (Wildman–Crippen LogP) is 2.29. The molecule has 13 heavy (non-hydrogen) atoms. The monoisotopic (exact) mass is 226 g/mol. The van der Waals surface area contributed by atoms with E-state index >= 15 is 0 Å². The zero-order valence-electron chi connectivity index (χ0n) is 8.02. The van der Waals surface area contributed by atoms with E-state index in [0.29, 0.717) is 0 Å². The van der Waals surface area contributed by atoms with Crippen molar-refractivity contribution in [2.75, 3.05) is 11.9 Å². The van der Waals surface area contributed by atoms with Crippen LogP contribution in [-0.4, -0.2) is 21.7 Å². The second kappa shape index (κ2) is 6.88. The molecular formula is C8H19O3PS. The Balaban J connectivity index is 3.70. The topological polar surface area (TPSA) is 57.5 Å². The summed E-state index contributed by atoms with van der Waals surface area (Å²) >= 11 is 4.09. The van der Waals surface area contributed by atoms with Crippen LogP contribution in [0.3, 0.4) is 0 Å². The normalized spacial score (nSPS) is 14.5. The summed E-state index contributed by atoms with van der Waals surface area (Å²) in [7, 11) is -3.81. The lowest BCUT2D eigenvalue weighted by atomic mass is 10.0. The largest absolute Gasteiger partial charge is 0.325 e. The van der Waals surface area contributed by atoms with Crippen molar-refractivity contribution in [3.63, 3.8) is 0 Å². The minimum atomic E-state index is -3.81. The smallest absolute Gasteiger partial charge is 0.324 e.